The third-order valence-corrected chi connectivity index (χ3v) is 3.68. The van der Waals surface area contributed by atoms with Crippen molar-refractivity contribution in [3.8, 4) is 0 Å². The lowest BCUT2D eigenvalue weighted by Gasteiger charge is -2.31. The number of thiocarbonyl (C=S) groups is 1. The summed E-state index contributed by atoms with van der Waals surface area (Å²) in [6.45, 7) is 1.45. The third-order valence-electron chi connectivity index (χ3n) is 3.46. The maximum atomic E-state index is 13.3. The average molecular weight is 358 g/mol. The molecule has 0 spiro atoms. The average Bonchev–Trinajstić information content (AvgIpc) is 2.52. The predicted octanol–water partition coefficient (Wildman–Crippen LogP) is 2.24. The molecule has 0 aromatic heterocycles. The summed E-state index contributed by atoms with van der Waals surface area (Å²) >= 11 is 4.96. The molecule has 1 aliphatic heterocycles. The summed E-state index contributed by atoms with van der Waals surface area (Å²) in [4.78, 5) is 23.8. The fourth-order valence-corrected chi connectivity index (χ4v) is 2.71. The molecule has 9 heteroatoms. The molecule has 1 atom stereocenters. The van der Waals surface area contributed by atoms with Crippen LogP contribution in [0.2, 0.25) is 0 Å². The number of halogens is 3. The fraction of sp³-hybridized carbons (Fsp3) is 0.267. The number of carbonyl (C=O) groups is 2. The molecular formula is C15H13F3N2O3S. The molecular weight excluding hydrogens is 345 g/mol. The number of benzene rings is 1. The van der Waals surface area contributed by atoms with E-state index in [0.29, 0.717) is 0 Å². The van der Waals surface area contributed by atoms with E-state index in [2.05, 4.69) is 15.4 Å². The molecule has 1 aromatic rings. The van der Waals surface area contributed by atoms with Crippen molar-refractivity contribution in [2.45, 2.75) is 19.1 Å². The second-order valence-electron chi connectivity index (χ2n) is 4.98. The van der Waals surface area contributed by atoms with Gasteiger partial charge >= 0.3 is 12.1 Å². The van der Waals surface area contributed by atoms with E-state index in [9.17, 15) is 22.8 Å². The van der Waals surface area contributed by atoms with Gasteiger partial charge in [0, 0.05) is 5.70 Å². The van der Waals surface area contributed by atoms with Crippen LogP contribution in [0.5, 0.6) is 0 Å². The Kier molecular flexibility index (Phi) is 4.93. The Morgan fingerprint density at radius 3 is 2.46 bits per heavy atom. The van der Waals surface area contributed by atoms with Gasteiger partial charge in [0.1, 0.15) is 0 Å². The van der Waals surface area contributed by atoms with Crippen LogP contribution in [0.3, 0.4) is 0 Å². The Balaban J connectivity index is 2.63. The van der Waals surface area contributed by atoms with Crippen molar-refractivity contribution < 1.29 is 27.5 Å². The fourth-order valence-electron chi connectivity index (χ4n) is 2.44. The number of alkyl halides is 3. The predicted molar refractivity (Wildman–Crippen MR) is 82.8 cm³/mol. The number of methoxy groups -OCH3 is 1. The Morgan fingerprint density at radius 1 is 1.25 bits per heavy atom. The number of hydrogen-bond acceptors (Lipinski definition) is 4. The van der Waals surface area contributed by atoms with E-state index in [1.165, 1.54) is 25.1 Å². The zero-order chi connectivity index (χ0) is 18.1. The van der Waals surface area contributed by atoms with Crippen LogP contribution in [0.15, 0.2) is 35.5 Å². The number of nitrogens with one attached hydrogen (secondary N) is 2. The molecule has 1 aromatic carbocycles. The van der Waals surface area contributed by atoms with Gasteiger partial charge in [0.15, 0.2) is 5.11 Å². The molecule has 0 amide bonds. The lowest BCUT2D eigenvalue weighted by atomic mass is 9.89. The van der Waals surface area contributed by atoms with Crippen LogP contribution < -0.4 is 10.6 Å². The highest BCUT2D eigenvalue weighted by Gasteiger charge is 2.40. The van der Waals surface area contributed by atoms with Crippen molar-refractivity contribution in [3.05, 3.63) is 46.7 Å². The summed E-state index contributed by atoms with van der Waals surface area (Å²) in [7, 11) is 1.02. The summed E-state index contributed by atoms with van der Waals surface area (Å²) in [5.41, 5.74) is -1.11. The molecule has 0 aliphatic carbocycles. The molecule has 0 radical (unpaired) electrons. The highest BCUT2D eigenvalue weighted by Crippen LogP contribution is 2.38. The molecule has 1 heterocycles. The van der Waals surface area contributed by atoms with Gasteiger partial charge in [-0.2, -0.15) is 13.2 Å². The zero-order valence-electron chi connectivity index (χ0n) is 12.7. The molecule has 24 heavy (non-hydrogen) atoms. The number of esters is 1. The van der Waals surface area contributed by atoms with Gasteiger partial charge in [-0.15, -0.1) is 0 Å². The van der Waals surface area contributed by atoms with Gasteiger partial charge in [-0.1, -0.05) is 18.2 Å². The van der Waals surface area contributed by atoms with E-state index >= 15 is 0 Å². The van der Waals surface area contributed by atoms with Crippen LogP contribution in [0.4, 0.5) is 13.2 Å². The standard InChI is InChI=1S/C15H13F3N2O3S/c1-7-10(12(21)13(22)23-2)11(20-14(24)19-7)8-5-3-4-6-9(8)15(16,17)18/h3-6,11H,1-2H3,(H2,19,20,24)/t11-/m0/s1. The van der Waals surface area contributed by atoms with Crippen LogP contribution in [0.25, 0.3) is 0 Å². The van der Waals surface area contributed by atoms with Crippen LogP contribution in [0.1, 0.15) is 24.1 Å². The number of ketones is 1. The topological polar surface area (TPSA) is 67.4 Å². The van der Waals surface area contributed by atoms with Gasteiger partial charge in [-0.25, -0.2) is 4.79 Å². The first-order valence-corrected chi connectivity index (χ1v) is 7.14. The molecule has 5 nitrogen and oxygen atoms in total. The normalized spacial score (nSPS) is 17.9. The SMILES string of the molecule is COC(=O)C(=O)C1=C(C)NC(=S)N[C@H]1c1ccccc1C(F)(F)F. The minimum absolute atomic E-state index is 0.0518. The van der Waals surface area contributed by atoms with Gasteiger partial charge in [0.2, 0.25) is 0 Å². The Hall–Kier alpha value is -2.42. The maximum Gasteiger partial charge on any atom is 0.416 e. The van der Waals surface area contributed by atoms with Crippen LogP contribution >= 0.6 is 12.2 Å². The van der Waals surface area contributed by atoms with Gasteiger partial charge in [-0.3, -0.25) is 4.79 Å². The van der Waals surface area contributed by atoms with Crippen LogP contribution in [-0.2, 0) is 20.5 Å². The number of hydrogen-bond donors (Lipinski definition) is 2. The molecule has 2 N–H and O–H groups in total. The Labute approximate surface area is 140 Å². The van der Waals surface area contributed by atoms with E-state index in [-0.39, 0.29) is 21.9 Å². The van der Waals surface area contributed by atoms with Crippen molar-refractivity contribution in [2.75, 3.05) is 7.11 Å². The summed E-state index contributed by atoms with van der Waals surface area (Å²) in [6.07, 6.45) is -4.63. The lowest BCUT2D eigenvalue weighted by Crippen LogP contribution is -2.46. The molecule has 0 fully saturated rings. The molecule has 1 aliphatic rings. The van der Waals surface area contributed by atoms with Crippen molar-refractivity contribution in [2.24, 2.45) is 0 Å². The second-order valence-corrected chi connectivity index (χ2v) is 5.38. The molecule has 0 saturated carbocycles. The van der Waals surface area contributed by atoms with Crippen molar-refractivity contribution in [3.63, 3.8) is 0 Å². The number of ether oxygens (including phenoxy) is 1. The highest BCUT2D eigenvalue weighted by atomic mass is 32.1. The lowest BCUT2D eigenvalue weighted by molar-refractivity contribution is -0.150. The third kappa shape index (κ3) is 3.40. The number of allylic oxidation sites excluding steroid dienone is 1. The van der Waals surface area contributed by atoms with E-state index in [4.69, 9.17) is 12.2 Å². The van der Waals surface area contributed by atoms with Crippen LogP contribution in [0, 0.1) is 0 Å². The largest absolute Gasteiger partial charge is 0.463 e. The summed E-state index contributed by atoms with van der Waals surface area (Å²) in [6, 6.07) is 3.56. The van der Waals surface area contributed by atoms with E-state index < -0.39 is 29.5 Å². The van der Waals surface area contributed by atoms with Crippen molar-refractivity contribution in [1.29, 1.82) is 0 Å². The summed E-state index contributed by atoms with van der Waals surface area (Å²) in [5, 5.41) is 5.31. The molecule has 2 rings (SSSR count). The molecule has 0 bridgehead atoms. The molecule has 0 saturated heterocycles. The van der Waals surface area contributed by atoms with Gasteiger partial charge in [0.05, 0.1) is 24.3 Å². The number of Topliss-reactive ketones (excluding diaryl/α,β-unsaturated/α-hetero) is 1. The highest BCUT2D eigenvalue weighted by molar-refractivity contribution is 7.80. The summed E-state index contributed by atoms with van der Waals surface area (Å²) < 4.78 is 44.2. The number of rotatable bonds is 3. The van der Waals surface area contributed by atoms with E-state index in [1.54, 1.807) is 0 Å². The first-order valence-electron chi connectivity index (χ1n) is 6.74. The smallest absolute Gasteiger partial charge is 0.416 e. The molecule has 0 unspecified atom stereocenters. The minimum atomic E-state index is -4.63. The second kappa shape index (κ2) is 6.60. The number of carbonyl (C=O) groups excluding carboxylic acids is 2. The van der Waals surface area contributed by atoms with Crippen molar-refractivity contribution >= 4 is 29.1 Å². The van der Waals surface area contributed by atoms with Gasteiger partial charge in [0.25, 0.3) is 5.78 Å². The van der Waals surface area contributed by atoms with E-state index in [0.717, 1.165) is 13.2 Å². The Bertz CT molecular complexity index is 744. The quantitative estimate of drug-likeness (QED) is 0.491. The van der Waals surface area contributed by atoms with Crippen LogP contribution in [-0.4, -0.2) is 24.0 Å². The summed E-state index contributed by atoms with van der Waals surface area (Å²) in [5.74, 6) is -2.21. The monoisotopic (exact) mass is 358 g/mol. The maximum absolute atomic E-state index is 13.3. The zero-order valence-corrected chi connectivity index (χ0v) is 13.5. The van der Waals surface area contributed by atoms with Crippen molar-refractivity contribution in [1.82, 2.24) is 10.6 Å². The van der Waals surface area contributed by atoms with Gasteiger partial charge < -0.3 is 15.4 Å². The van der Waals surface area contributed by atoms with E-state index in [1.807, 2.05) is 0 Å². The Morgan fingerprint density at radius 2 is 1.88 bits per heavy atom. The first-order chi connectivity index (χ1) is 11.2. The first kappa shape index (κ1) is 17.9. The minimum Gasteiger partial charge on any atom is -0.463 e. The van der Waals surface area contributed by atoms with Gasteiger partial charge in [-0.05, 0) is 30.8 Å². The molecule has 128 valence electrons.